The van der Waals surface area contributed by atoms with E-state index in [1.54, 1.807) is 0 Å². The van der Waals surface area contributed by atoms with Gasteiger partial charge in [0.1, 0.15) is 0 Å². The highest BCUT2D eigenvalue weighted by Crippen LogP contribution is 2.50. The van der Waals surface area contributed by atoms with Crippen molar-refractivity contribution >= 4 is 0 Å². The summed E-state index contributed by atoms with van der Waals surface area (Å²) in [6.45, 7) is 0. The van der Waals surface area contributed by atoms with Crippen molar-refractivity contribution in [3.05, 3.63) is 0 Å². The van der Waals surface area contributed by atoms with Crippen LogP contribution in [0, 0.1) is 11.8 Å². The van der Waals surface area contributed by atoms with Crippen LogP contribution in [0.3, 0.4) is 0 Å². The minimum Gasteiger partial charge on any atom is -0.207 e. The highest BCUT2D eigenvalue weighted by molar-refractivity contribution is 4.91. The van der Waals surface area contributed by atoms with Gasteiger partial charge < -0.3 is 0 Å². The summed E-state index contributed by atoms with van der Waals surface area (Å²) in [4.78, 5) is 0. The van der Waals surface area contributed by atoms with Crippen LogP contribution in [0.1, 0.15) is 32.1 Å². The molecule has 0 aromatic heterocycles. The van der Waals surface area contributed by atoms with E-state index in [0.717, 1.165) is 12.8 Å². The Morgan fingerprint density at radius 1 is 1.00 bits per heavy atom. The molecular weight excluding hydrogens is 134 g/mol. The van der Waals surface area contributed by atoms with Gasteiger partial charge >= 0.3 is 0 Å². The van der Waals surface area contributed by atoms with Gasteiger partial charge in [-0.05, 0) is 24.7 Å². The molecule has 2 saturated carbocycles. The maximum Gasteiger partial charge on any atom is 0.248 e. The molecule has 58 valence electrons. The standard InChI is InChI=1S/C8H12F2/c9-8(10)4-6-2-1-3-7(6)5-8/h6-7H,1-5H2/t6-,7+. The van der Waals surface area contributed by atoms with Gasteiger partial charge in [0, 0.05) is 12.8 Å². The summed E-state index contributed by atoms with van der Waals surface area (Å²) in [5.74, 6) is -1.57. The monoisotopic (exact) mass is 146 g/mol. The van der Waals surface area contributed by atoms with Crippen LogP contribution in [-0.2, 0) is 0 Å². The van der Waals surface area contributed by atoms with Gasteiger partial charge in [-0.25, -0.2) is 8.78 Å². The van der Waals surface area contributed by atoms with Gasteiger partial charge in [0.05, 0.1) is 0 Å². The topological polar surface area (TPSA) is 0 Å². The zero-order chi connectivity index (χ0) is 7.19. The predicted molar refractivity (Wildman–Crippen MR) is 35.0 cm³/mol. The van der Waals surface area contributed by atoms with Crippen LogP contribution in [0.5, 0.6) is 0 Å². The van der Waals surface area contributed by atoms with E-state index in [-0.39, 0.29) is 12.8 Å². The summed E-state index contributed by atoms with van der Waals surface area (Å²) >= 11 is 0. The summed E-state index contributed by atoms with van der Waals surface area (Å²) in [7, 11) is 0. The molecule has 0 N–H and O–H groups in total. The van der Waals surface area contributed by atoms with Crippen molar-refractivity contribution in [2.75, 3.05) is 0 Å². The maximum absolute atomic E-state index is 12.7. The molecule has 2 fully saturated rings. The van der Waals surface area contributed by atoms with E-state index >= 15 is 0 Å². The molecule has 0 amide bonds. The summed E-state index contributed by atoms with van der Waals surface area (Å²) in [6, 6.07) is 0. The lowest BCUT2D eigenvalue weighted by molar-refractivity contribution is 0.000449. The molecule has 0 saturated heterocycles. The molecule has 0 aromatic rings. The van der Waals surface area contributed by atoms with Gasteiger partial charge in [0.15, 0.2) is 0 Å². The summed E-state index contributed by atoms with van der Waals surface area (Å²) < 4.78 is 25.3. The van der Waals surface area contributed by atoms with Crippen molar-refractivity contribution in [3.8, 4) is 0 Å². The number of halogens is 2. The SMILES string of the molecule is FC1(F)C[C@H]2CCC[C@H]2C1. The number of rotatable bonds is 0. The zero-order valence-electron chi connectivity index (χ0n) is 5.95. The van der Waals surface area contributed by atoms with Crippen LogP contribution in [0.25, 0.3) is 0 Å². The van der Waals surface area contributed by atoms with Crippen LogP contribution >= 0.6 is 0 Å². The summed E-state index contributed by atoms with van der Waals surface area (Å²) in [5, 5.41) is 0. The van der Waals surface area contributed by atoms with Gasteiger partial charge in [0.25, 0.3) is 0 Å². The molecule has 0 aromatic carbocycles. The fraction of sp³-hybridized carbons (Fsp3) is 1.00. The third-order valence-corrected chi connectivity index (χ3v) is 2.94. The quantitative estimate of drug-likeness (QED) is 0.493. The number of hydrogen-bond donors (Lipinski definition) is 0. The van der Waals surface area contributed by atoms with Crippen molar-refractivity contribution in [2.45, 2.75) is 38.0 Å². The first-order valence-corrected chi connectivity index (χ1v) is 4.05. The predicted octanol–water partition coefficient (Wildman–Crippen LogP) is 2.83. The first-order chi connectivity index (χ1) is 4.67. The van der Waals surface area contributed by atoms with E-state index < -0.39 is 5.92 Å². The van der Waals surface area contributed by atoms with Gasteiger partial charge in [-0.3, -0.25) is 0 Å². The second kappa shape index (κ2) is 1.93. The normalized spacial score (nSPS) is 43.8. The van der Waals surface area contributed by atoms with E-state index in [9.17, 15) is 8.78 Å². The van der Waals surface area contributed by atoms with Gasteiger partial charge in [0.2, 0.25) is 5.92 Å². The number of fused-ring (bicyclic) bond motifs is 1. The molecule has 2 rings (SSSR count). The van der Waals surface area contributed by atoms with Gasteiger partial charge in [-0.15, -0.1) is 0 Å². The van der Waals surface area contributed by atoms with Crippen LogP contribution in [0.4, 0.5) is 8.78 Å². The smallest absolute Gasteiger partial charge is 0.207 e. The van der Waals surface area contributed by atoms with Crippen LogP contribution in [0.2, 0.25) is 0 Å². The fourth-order valence-corrected chi connectivity index (χ4v) is 2.50. The molecule has 2 atom stereocenters. The summed E-state index contributed by atoms with van der Waals surface area (Å²) in [5.41, 5.74) is 0. The van der Waals surface area contributed by atoms with Crippen molar-refractivity contribution < 1.29 is 8.78 Å². The number of alkyl halides is 2. The second-order valence-corrected chi connectivity index (χ2v) is 3.72. The Bertz CT molecular complexity index is 128. The molecule has 0 radical (unpaired) electrons. The number of hydrogen-bond acceptors (Lipinski definition) is 0. The first kappa shape index (κ1) is 6.56. The highest BCUT2D eigenvalue weighted by atomic mass is 19.3. The van der Waals surface area contributed by atoms with Crippen LogP contribution < -0.4 is 0 Å². The lowest BCUT2D eigenvalue weighted by Crippen LogP contribution is -2.10. The first-order valence-electron chi connectivity index (χ1n) is 4.05. The maximum atomic E-state index is 12.7. The molecular formula is C8H12F2. The Morgan fingerprint density at radius 3 is 2.00 bits per heavy atom. The molecule has 0 bridgehead atoms. The minimum absolute atomic E-state index is 0.178. The molecule has 2 heteroatoms. The lowest BCUT2D eigenvalue weighted by Gasteiger charge is -2.07. The Kier molecular flexibility index (Phi) is 1.26. The van der Waals surface area contributed by atoms with E-state index in [1.165, 1.54) is 6.42 Å². The average Bonchev–Trinajstić information content (AvgIpc) is 2.20. The van der Waals surface area contributed by atoms with Gasteiger partial charge in [-0.1, -0.05) is 6.42 Å². The second-order valence-electron chi connectivity index (χ2n) is 3.72. The molecule has 0 nitrogen and oxygen atoms in total. The molecule has 2 aliphatic carbocycles. The largest absolute Gasteiger partial charge is 0.248 e. The molecule has 10 heavy (non-hydrogen) atoms. The van der Waals surface area contributed by atoms with Crippen molar-refractivity contribution in [3.63, 3.8) is 0 Å². The molecule has 0 aliphatic heterocycles. The molecule has 0 unspecified atom stereocenters. The lowest BCUT2D eigenvalue weighted by atomic mass is 10.0. The third kappa shape index (κ3) is 0.938. The molecule has 0 heterocycles. The average molecular weight is 146 g/mol. The Balaban J connectivity index is 2.07. The molecule has 0 spiro atoms. The molecule has 2 aliphatic rings. The van der Waals surface area contributed by atoms with E-state index in [0.29, 0.717) is 11.8 Å². The highest BCUT2D eigenvalue weighted by Gasteiger charge is 2.47. The Labute approximate surface area is 59.6 Å². The third-order valence-electron chi connectivity index (χ3n) is 2.94. The van der Waals surface area contributed by atoms with Crippen molar-refractivity contribution in [1.82, 2.24) is 0 Å². The van der Waals surface area contributed by atoms with E-state index in [1.807, 2.05) is 0 Å². The Morgan fingerprint density at radius 2 is 1.50 bits per heavy atom. The summed E-state index contributed by atoms with van der Waals surface area (Å²) in [6.07, 6.45) is 3.65. The van der Waals surface area contributed by atoms with Crippen molar-refractivity contribution in [1.29, 1.82) is 0 Å². The fourth-order valence-electron chi connectivity index (χ4n) is 2.50. The van der Waals surface area contributed by atoms with Crippen LogP contribution in [-0.4, -0.2) is 5.92 Å². The Hall–Kier alpha value is -0.140. The van der Waals surface area contributed by atoms with Gasteiger partial charge in [-0.2, -0.15) is 0 Å². The van der Waals surface area contributed by atoms with E-state index in [2.05, 4.69) is 0 Å². The van der Waals surface area contributed by atoms with Crippen molar-refractivity contribution in [2.24, 2.45) is 11.8 Å². The minimum atomic E-state index is -2.31. The van der Waals surface area contributed by atoms with Crippen LogP contribution in [0.15, 0.2) is 0 Å². The van der Waals surface area contributed by atoms with E-state index in [4.69, 9.17) is 0 Å². The zero-order valence-corrected chi connectivity index (χ0v) is 5.95.